The molecule has 1 unspecified atom stereocenters. The first-order valence-corrected chi connectivity index (χ1v) is 7.82. The predicted molar refractivity (Wildman–Crippen MR) is 84.8 cm³/mol. The molecule has 0 spiro atoms. The first-order chi connectivity index (χ1) is 9.43. The number of benzene rings is 1. The van der Waals surface area contributed by atoms with Crippen molar-refractivity contribution in [2.75, 3.05) is 7.11 Å². The molecule has 0 heterocycles. The Morgan fingerprint density at radius 3 is 2.25 bits per heavy atom. The minimum atomic E-state index is 0.104. The molecular formula is C18H29NO. The molecule has 1 fully saturated rings. The highest BCUT2D eigenvalue weighted by Gasteiger charge is 2.32. The molecule has 0 aromatic heterocycles. The van der Waals surface area contributed by atoms with E-state index in [1.807, 2.05) is 12.1 Å². The van der Waals surface area contributed by atoms with Gasteiger partial charge in [-0.25, -0.2) is 0 Å². The lowest BCUT2D eigenvalue weighted by atomic mass is 9.68. The summed E-state index contributed by atoms with van der Waals surface area (Å²) in [6.07, 6.45) is 5.08. The van der Waals surface area contributed by atoms with E-state index in [2.05, 4.69) is 32.9 Å². The topological polar surface area (TPSA) is 35.2 Å². The Morgan fingerprint density at radius 2 is 1.70 bits per heavy atom. The second kappa shape index (κ2) is 6.17. The van der Waals surface area contributed by atoms with Crippen molar-refractivity contribution in [2.45, 2.75) is 52.5 Å². The van der Waals surface area contributed by atoms with E-state index in [0.29, 0.717) is 11.3 Å². The number of para-hydroxylation sites is 1. The molecular weight excluding hydrogens is 246 g/mol. The van der Waals surface area contributed by atoms with Crippen molar-refractivity contribution in [2.24, 2.45) is 23.0 Å². The normalized spacial score (nSPS) is 25.2. The molecule has 0 aliphatic heterocycles. The summed E-state index contributed by atoms with van der Waals surface area (Å²) in [5, 5.41) is 0. The van der Waals surface area contributed by atoms with E-state index in [1.165, 1.54) is 25.7 Å². The zero-order valence-corrected chi connectivity index (χ0v) is 13.4. The lowest BCUT2D eigenvalue weighted by Crippen LogP contribution is -2.30. The first kappa shape index (κ1) is 15.4. The van der Waals surface area contributed by atoms with Gasteiger partial charge in [-0.2, -0.15) is 0 Å². The molecule has 1 aliphatic carbocycles. The highest BCUT2D eigenvalue weighted by atomic mass is 16.5. The highest BCUT2D eigenvalue weighted by molar-refractivity contribution is 5.36. The summed E-state index contributed by atoms with van der Waals surface area (Å²) >= 11 is 0. The molecule has 20 heavy (non-hydrogen) atoms. The van der Waals surface area contributed by atoms with E-state index < -0.39 is 0 Å². The molecule has 2 rings (SSSR count). The number of hydrogen-bond donors (Lipinski definition) is 1. The van der Waals surface area contributed by atoms with Gasteiger partial charge in [-0.15, -0.1) is 0 Å². The van der Waals surface area contributed by atoms with Crippen LogP contribution in [0.5, 0.6) is 5.75 Å². The van der Waals surface area contributed by atoms with Crippen molar-refractivity contribution in [1.29, 1.82) is 0 Å². The van der Waals surface area contributed by atoms with Crippen molar-refractivity contribution in [1.82, 2.24) is 0 Å². The number of nitrogens with two attached hydrogens (primary N) is 1. The molecule has 112 valence electrons. The Balaban J connectivity index is 2.03. The van der Waals surface area contributed by atoms with Crippen molar-refractivity contribution in [3.8, 4) is 5.75 Å². The molecule has 2 N–H and O–H groups in total. The van der Waals surface area contributed by atoms with Gasteiger partial charge in [0.15, 0.2) is 0 Å². The first-order valence-electron chi connectivity index (χ1n) is 7.82. The van der Waals surface area contributed by atoms with Gasteiger partial charge in [-0.05, 0) is 49.0 Å². The smallest absolute Gasteiger partial charge is 0.123 e. The average Bonchev–Trinajstić information content (AvgIpc) is 2.45. The fraction of sp³-hybridized carbons (Fsp3) is 0.667. The minimum absolute atomic E-state index is 0.104. The van der Waals surface area contributed by atoms with E-state index in [4.69, 9.17) is 10.5 Å². The van der Waals surface area contributed by atoms with E-state index in [-0.39, 0.29) is 6.04 Å². The SMILES string of the molecule is COc1ccccc1C(N)C1CCC(C(C)(C)C)CC1. The Hall–Kier alpha value is -1.02. The zero-order valence-electron chi connectivity index (χ0n) is 13.4. The summed E-state index contributed by atoms with van der Waals surface area (Å²) in [7, 11) is 1.72. The summed E-state index contributed by atoms with van der Waals surface area (Å²) in [5.74, 6) is 2.35. The van der Waals surface area contributed by atoms with Gasteiger partial charge in [0.1, 0.15) is 5.75 Å². The predicted octanol–water partition coefficient (Wildman–Crippen LogP) is 4.55. The van der Waals surface area contributed by atoms with Crippen LogP contribution in [0, 0.1) is 17.3 Å². The Labute approximate surface area is 123 Å². The third-order valence-electron chi connectivity index (χ3n) is 5.00. The van der Waals surface area contributed by atoms with Crippen LogP contribution in [0.3, 0.4) is 0 Å². The molecule has 0 bridgehead atoms. The zero-order chi connectivity index (χ0) is 14.8. The Morgan fingerprint density at radius 1 is 1.10 bits per heavy atom. The summed E-state index contributed by atoms with van der Waals surface area (Å²) < 4.78 is 5.45. The number of hydrogen-bond acceptors (Lipinski definition) is 2. The highest BCUT2D eigenvalue weighted by Crippen LogP contribution is 2.43. The molecule has 1 aliphatic rings. The van der Waals surface area contributed by atoms with Crippen LogP contribution in [0.15, 0.2) is 24.3 Å². The van der Waals surface area contributed by atoms with Gasteiger partial charge >= 0.3 is 0 Å². The molecule has 2 nitrogen and oxygen atoms in total. The summed E-state index contributed by atoms with van der Waals surface area (Å²) in [4.78, 5) is 0. The largest absolute Gasteiger partial charge is 0.496 e. The van der Waals surface area contributed by atoms with Gasteiger partial charge in [0, 0.05) is 11.6 Å². The van der Waals surface area contributed by atoms with Crippen LogP contribution in [0.2, 0.25) is 0 Å². The molecule has 2 heteroatoms. The van der Waals surface area contributed by atoms with Crippen LogP contribution >= 0.6 is 0 Å². The van der Waals surface area contributed by atoms with Gasteiger partial charge in [0.25, 0.3) is 0 Å². The summed E-state index contributed by atoms with van der Waals surface area (Å²) in [6, 6.07) is 8.28. The standard InChI is InChI=1S/C18H29NO/c1-18(2,3)14-11-9-13(10-12-14)17(19)15-7-5-6-8-16(15)20-4/h5-8,13-14,17H,9-12,19H2,1-4H3. The number of rotatable bonds is 3. The maximum absolute atomic E-state index is 6.52. The van der Waals surface area contributed by atoms with Crippen LogP contribution in [-0.2, 0) is 0 Å². The van der Waals surface area contributed by atoms with E-state index >= 15 is 0 Å². The van der Waals surface area contributed by atoms with Crippen molar-refractivity contribution in [3.05, 3.63) is 29.8 Å². The molecule has 0 radical (unpaired) electrons. The fourth-order valence-corrected chi connectivity index (χ4v) is 3.54. The maximum Gasteiger partial charge on any atom is 0.123 e. The number of ether oxygens (including phenoxy) is 1. The van der Waals surface area contributed by atoms with Crippen molar-refractivity contribution >= 4 is 0 Å². The molecule has 1 aromatic rings. The van der Waals surface area contributed by atoms with Gasteiger partial charge < -0.3 is 10.5 Å². The van der Waals surface area contributed by atoms with Gasteiger partial charge in [0.05, 0.1) is 7.11 Å². The third-order valence-corrected chi connectivity index (χ3v) is 5.00. The maximum atomic E-state index is 6.52. The van der Waals surface area contributed by atoms with Crippen LogP contribution in [0.1, 0.15) is 58.1 Å². The van der Waals surface area contributed by atoms with Gasteiger partial charge in [0.2, 0.25) is 0 Å². The second-order valence-electron chi connectivity index (χ2n) is 7.25. The molecule has 1 saturated carbocycles. The molecule has 1 aromatic carbocycles. The Kier molecular flexibility index (Phi) is 4.74. The van der Waals surface area contributed by atoms with Gasteiger partial charge in [-0.3, -0.25) is 0 Å². The van der Waals surface area contributed by atoms with Crippen LogP contribution in [0.4, 0.5) is 0 Å². The van der Waals surface area contributed by atoms with Crippen LogP contribution in [0.25, 0.3) is 0 Å². The lowest BCUT2D eigenvalue weighted by Gasteiger charge is -2.39. The van der Waals surface area contributed by atoms with Gasteiger partial charge in [-0.1, -0.05) is 39.0 Å². The second-order valence-corrected chi connectivity index (χ2v) is 7.25. The fourth-order valence-electron chi connectivity index (χ4n) is 3.54. The van der Waals surface area contributed by atoms with E-state index in [0.717, 1.165) is 17.2 Å². The lowest BCUT2D eigenvalue weighted by molar-refractivity contribution is 0.139. The molecule has 0 amide bonds. The van der Waals surface area contributed by atoms with E-state index in [1.54, 1.807) is 7.11 Å². The monoisotopic (exact) mass is 275 g/mol. The van der Waals surface area contributed by atoms with Crippen LogP contribution in [-0.4, -0.2) is 7.11 Å². The average molecular weight is 275 g/mol. The van der Waals surface area contributed by atoms with Crippen LogP contribution < -0.4 is 10.5 Å². The molecule has 0 saturated heterocycles. The quantitative estimate of drug-likeness (QED) is 0.878. The molecule has 1 atom stereocenters. The van der Waals surface area contributed by atoms with E-state index in [9.17, 15) is 0 Å². The summed E-state index contributed by atoms with van der Waals surface area (Å²) in [5.41, 5.74) is 8.11. The third kappa shape index (κ3) is 3.35. The van der Waals surface area contributed by atoms with Crippen molar-refractivity contribution in [3.63, 3.8) is 0 Å². The minimum Gasteiger partial charge on any atom is -0.496 e. The Bertz CT molecular complexity index is 427. The van der Waals surface area contributed by atoms with Crippen molar-refractivity contribution < 1.29 is 4.74 Å². The number of methoxy groups -OCH3 is 1. The summed E-state index contributed by atoms with van der Waals surface area (Å²) in [6.45, 7) is 7.08.